The van der Waals surface area contributed by atoms with Crippen molar-refractivity contribution in [1.82, 2.24) is 10.1 Å². The van der Waals surface area contributed by atoms with E-state index in [0.29, 0.717) is 18.9 Å². The molecule has 0 unspecified atom stereocenters. The number of hydrogen-bond acceptors (Lipinski definition) is 4. The Morgan fingerprint density at radius 2 is 1.96 bits per heavy atom. The highest BCUT2D eigenvalue weighted by molar-refractivity contribution is 6.30. The summed E-state index contributed by atoms with van der Waals surface area (Å²) in [5, 5.41) is 4.63. The van der Waals surface area contributed by atoms with Gasteiger partial charge in [-0.1, -0.05) is 16.8 Å². The van der Waals surface area contributed by atoms with E-state index in [1.54, 1.807) is 0 Å². The smallest absolute Gasteiger partial charge is 0.191 e. The molecule has 0 saturated carbocycles. The number of guanidine groups is 1. The molecule has 1 aromatic heterocycles. The first-order valence-electron chi connectivity index (χ1n) is 8.09. The summed E-state index contributed by atoms with van der Waals surface area (Å²) < 4.78 is 5.17. The van der Waals surface area contributed by atoms with Crippen LogP contribution in [0.15, 0.2) is 39.8 Å². The van der Waals surface area contributed by atoms with Crippen molar-refractivity contribution in [3.8, 4) is 0 Å². The largest absolute Gasteiger partial charge is 0.370 e. The highest BCUT2D eigenvalue weighted by Gasteiger charge is 2.18. The van der Waals surface area contributed by atoms with E-state index >= 15 is 0 Å². The lowest BCUT2D eigenvalue weighted by molar-refractivity contribution is 0.375. The van der Waals surface area contributed by atoms with Gasteiger partial charge >= 0.3 is 0 Å². The Bertz CT molecular complexity index is 689. The van der Waals surface area contributed by atoms with Crippen molar-refractivity contribution in [3.63, 3.8) is 0 Å². The zero-order chi connectivity index (χ0) is 16.9. The molecule has 6 nitrogen and oxygen atoms in total. The van der Waals surface area contributed by atoms with Gasteiger partial charge in [-0.3, -0.25) is 4.99 Å². The fourth-order valence-electron chi connectivity index (χ4n) is 2.76. The molecule has 0 bridgehead atoms. The van der Waals surface area contributed by atoms with Gasteiger partial charge in [-0.2, -0.15) is 0 Å². The highest BCUT2D eigenvalue weighted by atomic mass is 35.5. The molecule has 3 rings (SSSR count). The molecule has 128 valence electrons. The average Bonchev–Trinajstić information content (AvgIpc) is 3.01. The summed E-state index contributed by atoms with van der Waals surface area (Å²) in [6.07, 6.45) is 0.715. The lowest BCUT2D eigenvalue weighted by Crippen LogP contribution is -2.51. The summed E-state index contributed by atoms with van der Waals surface area (Å²) in [5.41, 5.74) is 8.19. The van der Waals surface area contributed by atoms with Gasteiger partial charge in [-0.25, -0.2) is 0 Å². The minimum absolute atomic E-state index is 0.599. The lowest BCUT2D eigenvalue weighted by Gasteiger charge is -2.36. The number of piperazine rings is 1. The molecule has 1 fully saturated rings. The van der Waals surface area contributed by atoms with E-state index in [9.17, 15) is 0 Å². The van der Waals surface area contributed by atoms with Gasteiger partial charge in [0, 0.05) is 55.9 Å². The van der Waals surface area contributed by atoms with Crippen LogP contribution in [0.5, 0.6) is 0 Å². The quantitative estimate of drug-likeness (QED) is 0.679. The van der Waals surface area contributed by atoms with Crippen molar-refractivity contribution in [1.29, 1.82) is 0 Å². The Labute approximate surface area is 146 Å². The first kappa shape index (κ1) is 16.6. The Morgan fingerprint density at radius 3 is 2.58 bits per heavy atom. The van der Waals surface area contributed by atoms with E-state index in [4.69, 9.17) is 21.9 Å². The summed E-state index contributed by atoms with van der Waals surface area (Å²) in [7, 11) is 0. The number of aromatic nitrogens is 1. The van der Waals surface area contributed by atoms with E-state index in [-0.39, 0.29) is 0 Å². The molecular weight excluding hydrogens is 326 g/mol. The van der Waals surface area contributed by atoms with Crippen LogP contribution in [0.4, 0.5) is 5.69 Å². The predicted molar refractivity (Wildman–Crippen MR) is 96.7 cm³/mol. The molecule has 1 aromatic carbocycles. The van der Waals surface area contributed by atoms with Crippen LogP contribution in [0.25, 0.3) is 0 Å². The molecule has 0 aliphatic carbocycles. The summed E-state index contributed by atoms with van der Waals surface area (Å²) >= 11 is 5.94. The van der Waals surface area contributed by atoms with Crippen LogP contribution in [0.3, 0.4) is 0 Å². The van der Waals surface area contributed by atoms with Crippen molar-refractivity contribution in [2.75, 3.05) is 37.6 Å². The van der Waals surface area contributed by atoms with E-state index in [1.165, 1.54) is 5.69 Å². The van der Waals surface area contributed by atoms with Gasteiger partial charge in [0.05, 0.1) is 5.69 Å². The summed E-state index contributed by atoms with van der Waals surface area (Å²) in [4.78, 5) is 8.91. The normalized spacial score (nSPS) is 15.8. The molecule has 7 heteroatoms. The summed E-state index contributed by atoms with van der Waals surface area (Å²) in [5.74, 6) is 1.44. The lowest BCUT2D eigenvalue weighted by atomic mass is 10.2. The molecule has 0 amide bonds. The third-order valence-electron chi connectivity index (χ3n) is 4.10. The van der Waals surface area contributed by atoms with E-state index in [0.717, 1.165) is 42.7 Å². The van der Waals surface area contributed by atoms with Crippen LogP contribution in [0.1, 0.15) is 11.5 Å². The monoisotopic (exact) mass is 347 g/mol. The molecule has 1 aliphatic heterocycles. The summed E-state index contributed by atoms with van der Waals surface area (Å²) in [6, 6.07) is 9.87. The van der Waals surface area contributed by atoms with Gasteiger partial charge in [-0.15, -0.1) is 0 Å². The van der Waals surface area contributed by atoms with Crippen molar-refractivity contribution in [2.24, 2.45) is 10.7 Å². The number of nitrogens with zero attached hydrogens (tertiary/aromatic N) is 4. The minimum atomic E-state index is 0.599. The topological polar surface area (TPSA) is 70.9 Å². The zero-order valence-electron chi connectivity index (χ0n) is 13.8. The zero-order valence-corrected chi connectivity index (χ0v) is 14.5. The van der Waals surface area contributed by atoms with Crippen LogP contribution in [0, 0.1) is 6.92 Å². The third-order valence-corrected chi connectivity index (χ3v) is 4.36. The van der Waals surface area contributed by atoms with Crippen LogP contribution in [0.2, 0.25) is 5.02 Å². The van der Waals surface area contributed by atoms with Crippen LogP contribution < -0.4 is 10.6 Å². The predicted octanol–water partition coefficient (Wildman–Crippen LogP) is 2.32. The van der Waals surface area contributed by atoms with Gasteiger partial charge in [0.2, 0.25) is 0 Å². The second kappa shape index (κ2) is 7.57. The van der Waals surface area contributed by atoms with Crippen LogP contribution >= 0.6 is 11.6 Å². The van der Waals surface area contributed by atoms with E-state index < -0.39 is 0 Å². The second-order valence-corrected chi connectivity index (χ2v) is 6.31. The maximum absolute atomic E-state index is 6.12. The van der Waals surface area contributed by atoms with E-state index in [1.807, 2.05) is 25.1 Å². The number of halogens is 1. The van der Waals surface area contributed by atoms with Gasteiger partial charge < -0.3 is 20.1 Å². The number of aryl methyl sites for hydroxylation is 1. The van der Waals surface area contributed by atoms with Crippen molar-refractivity contribution < 1.29 is 4.52 Å². The number of hydrogen-bond donors (Lipinski definition) is 1. The second-order valence-electron chi connectivity index (χ2n) is 5.88. The average molecular weight is 348 g/mol. The molecule has 2 N–H and O–H groups in total. The standard InChI is InChI=1S/C17H22ClN5O/c1-13-12-16(24-21-13)6-7-20-17(19)23-10-8-22(9-11-23)15-4-2-14(18)3-5-15/h2-5,12H,6-11H2,1H3,(H2,19,20). The highest BCUT2D eigenvalue weighted by Crippen LogP contribution is 2.19. The Morgan fingerprint density at radius 1 is 1.25 bits per heavy atom. The molecule has 1 aliphatic rings. The number of anilines is 1. The maximum Gasteiger partial charge on any atom is 0.191 e. The van der Waals surface area contributed by atoms with Gasteiger partial charge in [-0.05, 0) is 31.2 Å². The number of benzene rings is 1. The third kappa shape index (κ3) is 4.20. The van der Waals surface area contributed by atoms with Crippen molar-refractivity contribution >= 4 is 23.2 Å². The Kier molecular flexibility index (Phi) is 5.25. The Hall–Kier alpha value is -2.21. The fourth-order valence-corrected chi connectivity index (χ4v) is 2.89. The van der Waals surface area contributed by atoms with Crippen LogP contribution in [-0.4, -0.2) is 48.7 Å². The van der Waals surface area contributed by atoms with Crippen molar-refractivity contribution in [3.05, 3.63) is 46.8 Å². The first-order chi connectivity index (χ1) is 11.6. The molecule has 0 spiro atoms. The van der Waals surface area contributed by atoms with Gasteiger partial charge in [0.25, 0.3) is 0 Å². The van der Waals surface area contributed by atoms with Gasteiger partial charge in [0.15, 0.2) is 5.96 Å². The molecular formula is C17H22ClN5O. The number of rotatable bonds is 4. The van der Waals surface area contributed by atoms with Crippen molar-refractivity contribution in [2.45, 2.75) is 13.3 Å². The van der Waals surface area contributed by atoms with Gasteiger partial charge in [0.1, 0.15) is 5.76 Å². The summed E-state index contributed by atoms with van der Waals surface area (Å²) in [6.45, 7) is 6.07. The molecule has 0 radical (unpaired) electrons. The molecule has 1 saturated heterocycles. The molecule has 2 aromatic rings. The van der Waals surface area contributed by atoms with Crippen LogP contribution in [-0.2, 0) is 6.42 Å². The maximum atomic E-state index is 6.12. The fraction of sp³-hybridized carbons (Fsp3) is 0.412. The SMILES string of the molecule is Cc1cc(CCN=C(N)N2CCN(c3ccc(Cl)cc3)CC2)on1. The molecule has 2 heterocycles. The minimum Gasteiger partial charge on any atom is -0.370 e. The molecule has 24 heavy (non-hydrogen) atoms. The number of aliphatic imine (C=N–C) groups is 1. The Balaban J connectivity index is 1.48. The molecule has 0 atom stereocenters. The first-order valence-corrected chi connectivity index (χ1v) is 8.47. The number of nitrogens with two attached hydrogens (primary N) is 1. The van der Waals surface area contributed by atoms with E-state index in [2.05, 4.69) is 32.1 Å².